The zero-order valence-corrected chi connectivity index (χ0v) is 22.9. The van der Waals surface area contributed by atoms with Gasteiger partial charge in [-0.3, -0.25) is 4.79 Å². The van der Waals surface area contributed by atoms with Crippen LogP contribution >= 0.6 is 11.6 Å². The minimum absolute atomic E-state index is 0.0355. The molecule has 2 aliphatic heterocycles. The van der Waals surface area contributed by atoms with E-state index in [9.17, 15) is 26.4 Å². The van der Waals surface area contributed by atoms with Gasteiger partial charge in [-0.05, 0) is 42.0 Å². The van der Waals surface area contributed by atoms with Crippen molar-refractivity contribution in [2.45, 2.75) is 17.2 Å². The topological polar surface area (TPSA) is 70.2 Å². The van der Waals surface area contributed by atoms with Crippen LogP contribution in [0.2, 0.25) is 5.02 Å². The Labute approximate surface area is 235 Å². The molecule has 1 amide bonds. The molecule has 12 heteroatoms. The Balaban J connectivity index is 1.34. The van der Waals surface area contributed by atoms with E-state index >= 15 is 0 Å². The van der Waals surface area contributed by atoms with E-state index in [1.165, 1.54) is 4.31 Å². The Morgan fingerprint density at radius 2 is 1.48 bits per heavy atom. The number of alkyl halides is 3. The normalized spacial score (nSPS) is 20.5. The Hall–Kier alpha value is -3.28. The van der Waals surface area contributed by atoms with Crippen LogP contribution in [0.3, 0.4) is 0 Å². The fraction of sp³-hybridized carbons (Fsp3) is 0.321. The van der Waals surface area contributed by atoms with Crippen LogP contribution in [0.15, 0.2) is 83.8 Å². The molecule has 0 radical (unpaired) electrons. The lowest BCUT2D eigenvalue weighted by Crippen LogP contribution is -2.51. The van der Waals surface area contributed by atoms with Crippen molar-refractivity contribution in [1.29, 1.82) is 0 Å². The number of hydrogen-bond donors (Lipinski definition) is 0. The number of anilines is 1. The maximum absolute atomic E-state index is 13.8. The van der Waals surface area contributed by atoms with E-state index in [-0.39, 0.29) is 29.8 Å². The lowest BCUT2D eigenvalue weighted by atomic mass is 9.88. The summed E-state index contributed by atoms with van der Waals surface area (Å²) in [6.45, 7) is 2.15. The molecule has 2 heterocycles. The molecule has 0 aromatic heterocycles. The molecule has 0 N–H and O–H groups in total. The molecule has 0 saturated carbocycles. The van der Waals surface area contributed by atoms with Gasteiger partial charge in [0.05, 0.1) is 21.5 Å². The molecule has 0 unspecified atom stereocenters. The number of sulfonamides is 1. The van der Waals surface area contributed by atoms with E-state index < -0.39 is 28.1 Å². The van der Waals surface area contributed by atoms with Gasteiger partial charge in [0.15, 0.2) is 0 Å². The van der Waals surface area contributed by atoms with Crippen LogP contribution < -0.4 is 9.64 Å². The van der Waals surface area contributed by atoms with Crippen molar-refractivity contribution in [3.63, 3.8) is 0 Å². The number of piperazine rings is 1. The molecule has 3 aromatic rings. The minimum Gasteiger partial charge on any atom is -0.406 e. The molecule has 0 spiro atoms. The predicted molar refractivity (Wildman–Crippen MR) is 145 cm³/mol. The number of carbonyl (C=O) groups excluding carboxylic acids is 1. The fourth-order valence-corrected chi connectivity index (χ4v) is 7.07. The van der Waals surface area contributed by atoms with Gasteiger partial charge in [-0.15, -0.1) is 13.2 Å². The van der Waals surface area contributed by atoms with Crippen LogP contribution in [0.25, 0.3) is 0 Å². The Morgan fingerprint density at radius 1 is 0.850 bits per heavy atom. The van der Waals surface area contributed by atoms with Crippen molar-refractivity contribution >= 4 is 33.2 Å². The summed E-state index contributed by atoms with van der Waals surface area (Å²) in [7, 11) is -4.08. The predicted octanol–water partition coefficient (Wildman–Crippen LogP) is 4.99. The molecule has 7 nitrogen and oxygen atoms in total. The number of nitrogens with zero attached hydrogens (tertiary/aromatic N) is 3. The number of ether oxygens (including phenoxy) is 1. The number of hydrogen-bond acceptors (Lipinski definition) is 5. The van der Waals surface area contributed by atoms with Gasteiger partial charge in [0, 0.05) is 45.2 Å². The summed E-state index contributed by atoms with van der Waals surface area (Å²) in [5.74, 6) is -1.63. The first kappa shape index (κ1) is 28.3. The Kier molecular flexibility index (Phi) is 7.98. The number of amides is 1. The molecule has 3 aromatic carbocycles. The molecular weight excluding hydrogens is 567 g/mol. The highest BCUT2D eigenvalue weighted by Crippen LogP contribution is 2.38. The van der Waals surface area contributed by atoms with Gasteiger partial charge in [0.1, 0.15) is 5.75 Å². The van der Waals surface area contributed by atoms with Crippen molar-refractivity contribution in [2.24, 2.45) is 5.92 Å². The van der Waals surface area contributed by atoms with Crippen molar-refractivity contribution in [3.05, 3.63) is 89.4 Å². The van der Waals surface area contributed by atoms with Crippen LogP contribution in [0.4, 0.5) is 18.9 Å². The van der Waals surface area contributed by atoms with Crippen LogP contribution in [-0.4, -0.2) is 69.2 Å². The molecule has 2 saturated heterocycles. The summed E-state index contributed by atoms with van der Waals surface area (Å²) in [6.07, 6.45) is -4.88. The first-order valence-electron chi connectivity index (χ1n) is 12.7. The second-order valence-electron chi connectivity index (χ2n) is 9.73. The van der Waals surface area contributed by atoms with Crippen molar-refractivity contribution < 1.29 is 31.1 Å². The summed E-state index contributed by atoms with van der Waals surface area (Å²) >= 11 is 6.35. The summed E-state index contributed by atoms with van der Waals surface area (Å²) in [6, 6.07) is 20.9. The molecule has 2 fully saturated rings. The van der Waals surface area contributed by atoms with E-state index in [1.807, 2.05) is 54.6 Å². The van der Waals surface area contributed by atoms with Gasteiger partial charge < -0.3 is 14.5 Å². The Morgan fingerprint density at radius 3 is 2.10 bits per heavy atom. The zero-order chi connectivity index (χ0) is 28.5. The standard InChI is InChI=1S/C28H27ClF3N3O4S/c29-25-8-4-5-9-26(25)33-14-16-34(17-15-33)27(36)24-19-35(18-23(24)20-6-2-1-3-7-20)40(37,38)22-12-10-21(11-13-22)39-28(30,31)32/h1-13,23-24H,14-19H2/t23-,24+/m0/s1. The third-order valence-electron chi connectivity index (χ3n) is 7.31. The van der Waals surface area contributed by atoms with Gasteiger partial charge in [0.2, 0.25) is 15.9 Å². The Bertz CT molecular complexity index is 1450. The average Bonchev–Trinajstić information content (AvgIpc) is 3.40. The van der Waals surface area contributed by atoms with Crippen molar-refractivity contribution in [1.82, 2.24) is 9.21 Å². The summed E-state index contributed by atoms with van der Waals surface area (Å²) in [5, 5.41) is 0.640. The smallest absolute Gasteiger partial charge is 0.406 e. The molecule has 2 aliphatic rings. The van der Waals surface area contributed by atoms with Crippen LogP contribution in [0.5, 0.6) is 5.75 Å². The number of benzene rings is 3. The number of para-hydroxylation sites is 1. The SMILES string of the molecule is O=C([C@@H]1CN(S(=O)(=O)c2ccc(OC(F)(F)F)cc2)C[C@H]1c1ccccc1)N1CCN(c2ccccc2Cl)CC1. The molecule has 212 valence electrons. The van der Waals surface area contributed by atoms with E-state index in [0.29, 0.717) is 31.2 Å². The van der Waals surface area contributed by atoms with Gasteiger partial charge in [-0.1, -0.05) is 54.1 Å². The molecule has 40 heavy (non-hydrogen) atoms. The number of rotatable bonds is 6. The van der Waals surface area contributed by atoms with Crippen LogP contribution in [-0.2, 0) is 14.8 Å². The maximum Gasteiger partial charge on any atom is 0.573 e. The summed E-state index contributed by atoms with van der Waals surface area (Å²) in [5.41, 5.74) is 1.75. The third-order valence-corrected chi connectivity index (χ3v) is 9.48. The first-order chi connectivity index (χ1) is 19.0. The third kappa shape index (κ3) is 6.06. The average molecular weight is 594 g/mol. The fourth-order valence-electron chi connectivity index (χ4n) is 5.32. The highest BCUT2D eigenvalue weighted by Gasteiger charge is 2.45. The largest absolute Gasteiger partial charge is 0.573 e. The molecular formula is C28H27ClF3N3O4S. The van der Waals surface area contributed by atoms with Gasteiger partial charge in [-0.25, -0.2) is 8.42 Å². The monoisotopic (exact) mass is 593 g/mol. The molecule has 2 atom stereocenters. The second-order valence-corrected chi connectivity index (χ2v) is 12.1. The quantitative estimate of drug-likeness (QED) is 0.403. The number of carbonyl (C=O) groups is 1. The van der Waals surface area contributed by atoms with E-state index in [4.69, 9.17) is 11.6 Å². The zero-order valence-electron chi connectivity index (χ0n) is 21.3. The molecule has 0 bridgehead atoms. The van der Waals surface area contributed by atoms with E-state index in [0.717, 1.165) is 35.5 Å². The highest BCUT2D eigenvalue weighted by molar-refractivity contribution is 7.89. The maximum atomic E-state index is 13.8. The lowest BCUT2D eigenvalue weighted by molar-refractivity contribution is -0.274. The first-order valence-corrected chi connectivity index (χ1v) is 14.5. The van der Waals surface area contributed by atoms with E-state index in [2.05, 4.69) is 9.64 Å². The minimum atomic E-state index is -4.88. The summed E-state index contributed by atoms with van der Waals surface area (Å²) < 4.78 is 69.7. The molecule has 5 rings (SSSR count). The van der Waals surface area contributed by atoms with Crippen LogP contribution in [0.1, 0.15) is 11.5 Å². The summed E-state index contributed by atoms with van der Waals surface area (Å²) in [4.78, 5) is 17.5. The van der Waals surface area contributed by atoms with Gasteiger partial charge in [-0.2, -0.15) is 4.31 Å². The highest BCUT2D eigenvalue weighted by atomic mass is 35.5. The van der Waals surface area contributed by atoms with Crippen LogP contribution in [0, 0.1) is 5.92 Å². The van der Waals surface area contributed by atoms with Crippen molar-refractivity contribution in [3.8, 4) is 5.75 Å². The van der Waals surface area contributed by atoms with Crippen molar-refractivity contribution in [2.75, 3.05) is 44.2 Å². The molecule has 0 aliphatic carbocycles. The number of halogens is 4. The second kappa shape index (κ2) is 11.3. The lowest BCUT2D eigenvalue weighted by Gasteiger charge is -2.38. The van der Waals surface area contributed by atoms with Gasteiger partial charge in [0.25, 0.3) is 0 Å². The van der Waals surface area contributed by atoms with Gasteiger partial charge >= 0.3 is 6.36 Å². The van der Waals surface area contributed by atoms with E-state index in [1.54, 1.807) is 4.90 Å².